The van der Waals surface area contributed by atoms with Crippen molar-refractivity contribution >= 4 is 35.0 Å². The molecule has 30 heavy (non-hydrogen) atoms. The summed E-state index contributed by atoms with van der Waals surface area (Å²) in [7, 11) is 2.03. The Balaban J connectivity index is 1.32. The quantitative estimate of drug-likeness (QED) is 0.538. The van der Waals surface area contributed by atoms with Crippen molar-refractivity contribution in [1.82, 2.24) is 10.3 Å². The number of aromatic nitrogens is 1. The molecule has 1 aliphatic heterocycles. The Morgan fingerprint density at radius 2 is 1.93 bits per heavy atom. The molecule has 1 aromatic heterocycles. The minimum atomic E-state index is 0.580. The highest BCUT2D eigenvalue weighted by atomic mass is 32.2. The number of benzene rings is 2. The predicted molar refractivity (Wildman–Crippen MR) is 128 cm³/mol. The van der Waals surface area contributed by atoms with Gasteiger partial charge in [0.25, 0.3) is 0 Å². The normalized spacial score (nSPS) is 14.4. The molecule has 0 saturated carbocycles. The van der Waals surface area contributed by atoms with Crippen LogP contribution in [0.5, 0.6) is 5.75 Å². The average molecular weight is 419 g/mol. The summed E-state index contributed by atoms with van der Waals surface area (Å²) in [5.74, 6) is 3.83. The van der Waals surface area contributed by atoms with Crippen molar-refractivity contribution in [2.24, 2.45) is 0 Å². The molecule has 0 amide bonds. The minimum absolute atomic E-state index is 0.580. The van der Waals surface area contributed by atoms with Crippen LogP contribution in [-0.2, 0) is 0 Å². The number of hydrogen-bond acceptors (Lipinski definition) is 6. The summed E-state index contributed by atoms with van der Waals surface area (Å²) in [4.78, 5) is 6.66. The van der Waals surface area contributed by atoms with Gasteiger partial charge in [-0.3, -0.25) is 0 Å². The highest BCUT2D eigenvalue weighted by Crippen LogP contribution is 2.25. The molecule has 3 aromatic rings. The molecule has 2 N–H and O–H groups in total. The first-order valence-electron chi connectivity index (χ1n) is 10.0. The van der Waals surface area contributed by atoms with Crippen molar-refractivity contribution in [3.8, 4) is 5.75 Å². The lowest BCUT2D eigenvalue weighted by molar-refractivity contribution is 0.325. The zero-order chi connectivity index (χ0) is 20.6. The molecular weight excluding hydrogens is 392 g/mol. The van der Waals surface area contributed by atoms with Crippen LogP contribution in [0.1, 0.15) is 5.56 Å². The minimum Gasteiger partial charge on any atom is -0.492 e. The van der Waals surface area contributed by atoms with Crippen molar-refractivity contribution in [3.05, 3.63) is 84.2 Å². The largest absolute Gasteiger partial charge is 0.492 e. The lowest BCUT2D eigenvalue weighted by Crippen LogP contribution is -2.25. The number of pyridine rings is 1. The third-order valence-electron chi connectivity index (χ3n) is 4.78. The van der Waals surface area contributed by atoms with E-state index in [9.17, 15) is 0 Å². The Morgan fingerprint density at radius 1 is 1.10 bits per heavy atom. The molecule has 0 aliphatic carbocycles. The summed E-state index contributed by atoms with van der Waals surface area (Å²) in [6.07, 6.45) is 4.01. The van der Waals surface area contributed by atoms with E-state index in [1.165, 1.54) is 11.3 Å². The van der Waals surface area contributed by atoms with Gasteiger partial charge < -0.3 is 20.3 Å². The number of nitrogens with zero attached hydrogens (tertiary/aromatic N) is 2. The van der Waals surface area contributed by atoms with E-state index in [0.29, 0.717) is 6.61 Å². The van der Waals surface area contributed by atoms with Crippen LogP contribution in [0.4, 0.5) is 17.2 Å². The van der Waals surface area contributed by atoms with Gasteiger partial charge in [-0.1, -0.05) is 30.3 Å². The van der Waals surface area contributed by atoms with Crippen molar-refractivity contribution in [2.45, 2.75) is 0 Å². The monoisotopic (exact) mass is 418 g/mol. The van der Waals surface area contributed by atoms with Gasteiger partial charge in [-0.15, -0.1) is 11.8 Å². The second-order valence-corrected chi connectivity index (χ2v) is 8.03. The molecule has 1 saturated heterocycles. The first kappa shape index (κ1) is 20.2. The molecule has 2 heterocycles. The Labute approximate surface area is 182 Å². The SMILES string of the molecule is CN(CCOc1ccc(/C=C2/CSCN2)cc1)c1ncccc1Nc1ccccc1. The van der Waals surface area contributed by atoms with Crippen LogP contribution in [0.25, 0.3) is 6.08 Å². The van der Waals surface area contributed by atoms with Crippen LogP contribution in [0.3, 0.4) is 0 Å². The standard InChI is InChI=1S/C24H26N4OS/c1-28(24-23(8-5-13-25-24)27-20-6-3-2-4-7-20)14-15-29-22-11-9-19(10-12-22)16-21-17-30-18-26-21/h2-13,16,26-27H,14-15,17-18H2,1H3/b21-16-. The van der Waals surface area contributed by atoms with E-state index in [1.807, 2.05) is 79.6 Å². The maximum absolute atomic E-state index is 5.95. The number of ether oxygens (including phenoxy) is 1. The lowest BCUT2D eigenvalue weighted by atomic mass is 10.2. The molecular formula is C24H26N4OS. The molecule has 1 aliphatic rings. The number of para-hydroxylation sites is 1. The maximum atomic E-state index is 5.95. The molecule has 0 atom stereocenters. The van der Waals surface area contributed by atoms with Crippen LogP contribution in [0.2, 0.25) is 0 Å². The molecule has 0 spiro atoms. The van der Waals surface area contributed by atoms with E-state index in [-0.39, 0.29) is 0 Å². The summed E-state index contributed by atoms with van der Waals surface area (Å²) in [6, 6.07) is 22.3. The second kappa shape index (κ2) is 10.1. The molecule has 154 valence electrons. The van der Waals surface area contributed by atoms with Gasteiger partial charge >= 0.3 is 0 Å². The van der Waals surface area contributed by atoms with E-state index < -0.39 is 0 Å². The topological polar surface area (TPSA) is 49.4 Å². The Kier molecular flexibility index (Phi) is 6.77. The molecule has 2 aromatic carbocycles. The molecule has 0 unspecified atom stereocenters. The van der Waals surface area contributed by atoms with E-state index in [1.54, 1.807) is 0 Å². The van der Waals surface area contributed by atoms with Crippen molar-refractivity contribution in [2.75, 3.05) is 42.0 Å². The van der Waals surface area contributed by atoms with Gasteiger partial charge in [0, 0.05) is 30.4 Å². The van der Waals surface area contributed by atoms with Crippen molar-refractivity contribution < 1.29 is 4.74 Å². The van der Waals surface area contributed by atoms with Crippen LogP contribution >= 0.6 is 11.8 Å². The van der Waals surface area contributed by atoms with Gasteiger partial charge in [-0.05, 0) is 48.0 Å². The third-order valence-corrected chi connectivity index (χ3v) is 5.64. The molecule has 4 rings (SSSR count). The van der Waals surface area contributed by atoms with E-state index in [2.05, 4.69) is 38.7 Å². The molecule has 0 radical (unpaired) electrons. The van der Waals surface area contributed by atoms with Gasteiger partial charge in [0.1, 0.15) is 12.4 Å². The van der Waals surface area contributed by atoms with Crippen LogP contribution in [0, 0.1) is 0 Å². The first-order valence-corrected chi connectivity index (χ1v) is 11.2. The Morgan fingerprint density at radius 3 is 2.70 bits per heavy atom. The van der Waals surface area contributed by atoms with Gasteiger partial charge in [-0.25, -0.2) is 4.98 Å². The zero-order valence-corrected chi connectivity index (χ0v) is 17.9. The third kappa shape index (κ3) is 5.48. The number of anilines is 3. The van der Waals surface area contributed by atoms with Crippen molar-refractivity contribution in [3.63, 3.8) is 0 Å². The fourth-order valence-electron chi connectivity index (χ4n) is 3.19. The van der Waals surface area contributed by atoms with Crippen LogP contribution in [-0.4, -0.2) is 36.8 Å². The van der Waals surface area contributed by atoms with Crippen LogP contribution < -0.4 is 20.3 Å². The fourth-order valence-corrected chi connectivity index (χ4v) is 3.99. The predicted octanol–water partition coefficient (Wildman–Crippen LogP) is 4.98. The van der Waals surface area contributed by atoms with Crippen molar-refractivity contribution in [1.29, 1.82) is 0 Å². The number of rotatable bonds is 8. The van der Waals surface area contributed by atoms with Gasteiger partial charge in [-0.2, -0.15) is 0 Å². The zero-order valence-electron chi connectivity index (χ0n) is 17.0. The molecule has 1 fully saturated rings. The summed E-state index contributed by atoms with van der Waals surface area (Å²) in [5.41, 5.74) is 4.49. The summed E-state index contributed by atoms with van der Waals surface area (Å²) in [6.45, 7) is 1.31. The molecule has 0 bridgehead atoms. The van der Waals surface area contributed by atoms with E-state index >= 15 is 0 Å². The molecule has 6 heteroatoms. The Bertz CT molecular complexity index is 968. The summed E-state index contributed by atoms with van der Waals surface area (Å²) in [5, 5.41) is 6.82. The lowest BCUT2D eigenvalue weighted by Gasteiger charge is -2.21. The number of likely N-dealkylation sites (N-methyl/N-ethyl adjacent to an activating group) is 1. The number of thioether (sulfide) groups is 1. The highest BCUT2D eigenvalue weighted by molar-refractivity contribution is 7.99. The van der Waals surface area contributed by atoms with Gasteiger partial charge in [0.15, 0.2) is 5.82 Å². The van der Waals surface area contributed by atoms with Crippen LogP contribution in [0.15, 0.2) is 78.6 Å². The summed E-state index contributed by atoms with van der Waals surface area (Å²) >= 11 is 1.90. The molecule has 5 nitrogen and oxygen atoms in total. The summed E-state index contributed by atoms with van der Waals surface area (Å²) < 4.78 is 5.95. The maximum Gasteiger partial charge on any atom is 0.152 e. The van der Waals surface area contributed by atoms with E-state index in [0.717, 1.165) is 41.1 Å². The fraction of sp³-hybridized carbons (Fsp3) is 0.208. The van der Waals surface area contributed by atoms with E-state index in [4.69, 9.17) is 4.74 Å². The van der Waals surface area contributed by atoms with Gasteiger partial charge in [0.2, 0.25) is 0 Å². The highest BCUT2D eigenvalue weighted by Gasteiger charge is 2.09. The smallest absolute Gasteiger partial charge is 0.152 e. The average Bonchev–Trinajstić information content (AvgIpc) is 3.29. The van der Waals surface area contributed by atoms with Gasteiger partial charge in [0.05, 0.1) is 18.1 Å². The number of hydrogen-bond donors (Lipinski definition) is 2. The first-order chi connectivity index (χ1) is 14.8. The Hall–Kier alpha value is -3.12. The second-order valence-electron chi connectivity index (χ2n) is 7.04. The number of nitrogens with one attached hydrogen (secondary N) is 2.